The van der Waals surface area contributed by atoms with Gasteiger partial charge in [-0.15, -0.1) is 0 Å². The lowest BCUT2D eigenvalue weighted by Crippen LogP contribution is -2.24. The normalized spacial score (nSPS) is 11.4. The summed E-state index contributed by atoms with van der Waals surface area (Å²) < 4.78 is 14.8. The first-order valence-electron chi connectivity index (χ1n) is 13.8. The summed E-state index contributed by atoms with van der Waals surface area (Å²) >= 11 is 0. The van der Waals surface area contributed by atoms with Gasteiger partial charge in [-0.25, -0.2) is 15.0 Å². The van der Waals surface area contributed by atoms with E-state index in [0.717, 1.165) is 43.4 Å². The quantitative estimate of drug-likeness (QED) is 0.196. The van der Waals surface area contributed by atoms with Gasteiger partial charge in [0.05, 0.1) is 0 Å². The average molecular weight is 560 g/mol. The number of aromatic nitrogens is 3. The first-order chi connectivity index (χ1) is 20.7. The molecule has 0 bridgehead atoms. The topological polar surface area (TPSA) is 55.7 Å². The van der Waals surface area contributed by atoms with Gasteiger partial charge in [0.1, 0.15) is 0 Å². The number of rotatable bonds is 6. The molecule has 0 aliphatic carbocycles. The molecule has 42 heavy (non-hydrogen) atoms. The van der Waals surface area contributed by atoms with Crippen LogP contribution in [0, 0.1) is 0 Å². The Morgan fingerprint density at radius 3 is 1.33 bits per heavy atom. The van der Waals surface area contributed by atoms with Crippen molar-refractivity contribution in [2.24, 2.45) is 0 Å². The number of hydrogen-bond acceptors (Lipinski definition) is 4. The van der Waals surface area contributed by atoms with Crippen molar-refractivity contribution in [3.05, 3.63) is 158 Å². The van der Waals surface area contributed by atoms with Gasteiger partial charge in [0, 0.05) is 32.6 Å². The molecular weight excluding hydrogens is 533 g/mol. The lowest BCUT2D eigenvalue weighted by molar-refractivity contribution is 0.592. The second-order valence-corrected chi connectivity index (χ2v) is 12.8. The molecule has 0 atom stereocenters. The average Bonchev–Trinajstić information content (AvgIpc) is 3.09. The van der Waals surface area contributed by atoms with Crippen molar-refractivity contribution in [2.45, 2.75) is 0 Å². The summed E-state index contributed by atoms with van der Waals surface area (Å²) in [6, 6.07) is 51.7. The van der Waals surface area contributed by atoms with E-state index in [1.807, 2.05) is 127 Å². The fourth-order valence-corrected chi connectivity index (χ4v) is 7.87. The molecule has 200 valence electrons. The van der Waals surface area contributed by atoms with E-state index in [-0.39, 0.29) is 0 Å². The summed E-state index contributed by atoms with van der Waals surface area (Å²) in [6.07, 6.45) is 0. The van der Waals surface area contributed by atoms with Crippen LogP contribution in [0.5, 0.6) is 0 Å². The molecule has 6 aromatic carbocycles. The summed E-state index contributed by atoms with van der Waals surface area (Å²) in [5.41, 5.74) is 2.66. The van der Waals surface area contributed by atoms with Crippen LogP contribution < -0.4 is 15.9 Å². The van der Waals surface area contributed by atoms with Crippen LogP contribution in [0.2, 0.25) is 0 Å². The molecule has 0 amide bonds. The van der Waals surface area contributed by atoms with Gasteiger partial charge in [0.15, 0.2) is 24.6 Å². The Morgan fingerprint density at radius 2 is 0.762 bits per heavy atom. The molecule has 0 radical (unpaired) electrons. The fraction of sp³-hybridized carbons (Fsp3) is 0. The number of benzene rings is 6. The van der Waals surface area contributed by atoms with Gasteiger partial charge in [-0.1, -0.05) is 152 Å². The number of fused-ring (bicyclic) bond motifs is 1. The zero-order valence-corrected chi connectivity index (χ0v) is 23.6. The van der Waals surface area contributed by atoms with Gasteiger partial charge < -0.3 is 4.57 Å². The zero-order valence-electron chi connectivity index (χ0n) is 22.7. The zero-order chi connectivity index (χ0) is 28.4. The molecule has 7 rings (SSSR count). The standard InChI is InChI=1S/C37H26N3OP/c41-42(32-16-6-2-7-17-32,33-18-8-3-9-19-33)34-24-22-29(23-25-34)36-38-35(28-13-4-1-5-14-28)39-37(40-36)31-21-20-27-12-10-11-15-30(27)26-31/h1-26H. The van der Waals surface area contributed by atoms with Crippen LogP contribution in [-0.4, -0.2) is 15.0 Å². The highest BCUT2D eigenvalue weighted by molar-refractivity contribution is 7.85. The first kappa shape index (κ1) is 25.8. The maximum atomic E-state index is 14.8. The molecule has 4 nitrogen and oxygen atoms in total. The summed E-state index contributed by atoms with van der Waals surface area (Å²) in [5.74, 6) is 1.77. The molecule has 5 heteroatoms. The van der Waals surface area contributed by atoms with Crippen molar-refractivity contribution >= 4 is 33.8 Å². The van der Waals surface area contributed by atoms with Gasteiger partial charge in [-0.2, -0.15) is 0 Å². The van der Waals surface area contributed by atoms with Gasteiger partial charge in [-0.3, -0.25) is 0 Å². The van der Waals surface area contributed by atoms with E-state index in [0.29, 0.717) is 17.5 Å². The van der Waals surface area contributed by atoms with Crippen molar-refractivity contribution in [1.82, 2.24) is 15.0 Å². The minimum atomic E-state index is -3.08. The predicted molar refractivity (Wildman–Crippen MR) is 173 cm³/mol. The van der Waals surface area contributed by atoms with Crippen LogP contribution in [0.1, 0.15) is 0 Å². The van der Waals surface area contributed by atoms with E-state index in [9.17, 15) is 4.57 Å². The van der Waals surface area contributed by atoms with Crippen LogP contribution in [0.15, 0.2) is 158 Å². The summed E-state index contributed by atoms with van der Waals surface area (Å²) in [4.78, 5) is 14.7. The fourth-order valence-electron chi connectivity index (χ4n) is 5.22. The highest BCUT2D eigenvalue weighted by atomic mass is 31.2. The highest BCUT2D eigenvalue weighted by Gasteiger charge is 2.29. The lowest BCUT2D eigenvalue weighted by Gasteiger charge is -2.20. The van der Waals surface area contributed by atoms with Gasteiger partial charge in [0.25, 0.3) is 0 Å². The van der Waals surface area contributed by atoms with Crippen molar-refractivity contribution in [1.29, 1.82) is 0 Å². The molecule has 0 saturated carbocycles. The highest BCUT2D eigenvalue weighted by Crippen LogP contribution is 2.42. The molecule has 0 fully saturated rings. The SMILES string of the molecule is O=P(c1ccccc1)(c1ccccc1)c1ccc(-c2nc(-c3ccccc3)nc(-c3ccc4ccccc4c3)n2)cc1. The Bertz CT molecular complexity index is 2000. The number of nitrogens with zero attached hydrogens (tertiary/aromatic N) is 3. The van der Waals surface area contributed by atoms with E-state index in [2.05, 4.69) is 30.3 Å². The molecule has 7 aromatic rings. The second kappa shape index (κ2) is 11.0. The Hall–Kier alpha value is -5.18. The summed E-state index contributed by atoms with van der Waals surface area (Å²) in [6.45, 7) is 0. The van der Waals surface area contributed by atoms with Crippen molar-refractivity contribution in [3.8, 4) is 34.2 Å². The largest absolute Gasteiger partial charge is 0.309 e. The third-order valence-corrected chi connectivity index (χ3v) is 10.5. The van der Waals surface area contributed by atoms with Crippen molar-refractivity contribution in [2.75, 3.05) is 0 Å². The van der Waals surface area contributed by atoms with Crippen LogP contribution in [0.4, 0.5) is 0 Å². The van der Waals surface area contributed by atoms with Crippen LogP contribution in [-0.2, 0) is 4.57 Å². The second-order valence-electron chi connectivity index (χ2n) is 10.1. The molecule has 0 aliphatic heterocycles. The Morgan fingerprint density at radius 1 is 0.357 bits per heavy atom. The molecule has 1 aromatic heterocycles. The van der Waals surface area contributed by atoms with Crippen LogP contribution >= 0.6 is 7.14 Å². The predicted octanol–water partition coefficient (Wildman–Crippen LogP) is 7.67. The first-order valence-corrected chi connectivity index (χ1v) is 15.5. The Balaban J connectivity index is 1.35. The van der Waals surface area contributed by atoms with E-state index < -0.39 is 7.14 Å². The maximum absolute atomic E-state index is 14.8. The molecule has 0 spiro atoms. The maximum Gasteiger partial charge on any atom is 0.171 e. The summed E-state index contributed by atoms with van der Waals surface area (Å²) in [7, 11) is -3.08. The molecule has 1 heterocycles. The Labute approximate surface area is 244 Å². The minimum absolute atomic E-state index is 0.563. The Kier molecular flexibility index (Phi) is 6.75. The lowest BCUT2D eigenvalue weighted by atomic mass is 10.1. The van der Waals surface area contributed by atoms with E-state index >= 15 is 0 Å². The molecule has 0 saturated heterocycles. The minimum Gasteiger partial charge on any atom is -0.309 e. The molecule has 0 aliphatic rings. The molecule has 0 N–H and O–H groups in total. The van der Waals surface area contributed by atoms with Gasteiger partial charge in [-0.05, 0) is 16.8 Å². The van der Waals surface area contributed by atoms with Gasteiger partial charge in [0.2, 0.25) is 0 Å². The van der Waals surface area contributed by atoms with Crippen LogP contribution in [0.3, 0.4) is 0 Å². The van der Waals surface area contributed by atoms with E-state index in [4.69, 9.17) is 15.0 Å². The van der Waals surface area contributed by atoms with Crippen LogP contribution in [0.25, 0.3) is 44.9 Å². The van der Waals surface area contributed by atoms with Gasteiger partial charge >= 0.3 is 0 Å². The van der Waals surface area contributed by atoms with Crippen molar-refractivity contribution < 1.29 is 4.57 Å². The van der Waals surface area contributed by atoms with Crippen molar-refractivity contribution in [3.63, 3.8) is 0 Å². The van der Waals surface area contributed by atoms with E-state index in [1.165, 1.54) is 0 Å². The monoisotopic (exact) mass is 559 g/mol. The third-order valence-electron chi connectivity index (χ3n) is 7.40. The summed E-state index contributed by atoms with van der Waals surface area (Å²) in [5, 5.41) is 4.65. The molecule has 0 unspecified atom stereocenters. The number of hydrogen-bond donors (Lipinski definition) is 0. The smallest absolute Gasteiger partial charge is 0.171 e. The molecular formula is C37H26N3OP. The third kappa shape index (κ3) is 4.83. The van der Waals surface area contributed by atoms with E-state index in [1.54, 1.807) is 0 Å².